The molecule has 0 radical (unpaired) electrons. The van der Waals surface area contributed by atoms with Gasteiger partial charge in [0, 0.05) is 19.5 Å². The van der Waals surface area contributed by atoms with Crippen molar-refractivity contribution >= 4 is 5.91 Å². The topological polar surface area (TPSA) is 32.3 Å². The van der Waals surface area contributed by atoms with E-state index in [1.807, 2.05) is 7.05 Å². The van der Waals surface area contributed by atoms with Crippen LogP contribution in [0.5, 0.6) is 0 Å². The lowest BCUT2D eigenvalue weighted by Crippen LogP contribution is -2.41. The Labute approximate surface area is 112 Å². The number of piperidine rings is 1. The van der Waals surface area contributed by atoms with E-state index in [9.17, 15) is 4.79 Å². The molecule has 0 aromatic carbocycles. The van der Waals surface area contributed by atoms with Gasteiger partial charge in [-0.05, 0) is 43.7 Å². The molecule has 1 rings (SSSR count). The summed E-state index contributed by atoms with van der Waals surface area (Å²) in [5, 5.41) is 3.23. The molecule has 1 unspecified atom stereocenters. The molecule has 1 aliphatic rings. The number of carbonyl (C=O) groups excluding carboxylic acids is 1. The summed E-state index contributed by atoms with van der Waals surface area (Å²) in [5.74, 6) is 1.54. The average molecular weight is 254 g/mol. The summed E-state index contributed by atoms with van der Waals surface area (Å²) < 4.78 is 0. The highest BCUT2D eigenvalue weighted by molar-refractivity contribution is 5.76. The van der Waals surface area contributed by atoms with Crippen LogP contribution in [-0.2, 0) is 4.79 Å². The lowest BCUT2D eigenvalue weighted by atomic mass is 9.80. The van der Waals surface area contributed by atoms with Gasteiger partial charge in [-0.3, -0.25) is 4.79 Å². The lowest BCUT2D eigenvalue weighted by Gasteiger charge is -2.34. The summed E-state index contributed by atoms with van der Waals surface area (Å²) in [6, 6.07) is 0. The number of likely N-dealkylation sites (tertiary alicyclic amines) is 1. The maximum absolute atomic E-state index is 12.2. The van der Waals surface area contributed by atoms with Gasteiger partial charge in [0.25, 0.3) is 0 Å². The molecule has 1 aliphatic heterocycles. The summed E-state index contributed by atoms with van der Waals surface area (Å²) in [5.41, 5.74) is 0.222. The van der Waals surface area contributed by atoms with E-state index in [0.29, 0.717) is 18.2 Å². The Kier molecular flexibility index (Phi) is 5.64. The zero-order valence-electron chi connectivity index (χ0n) is 12.8. The van der Waals surface area contributed by atoms with Crippen LogP contribution in [0.15, 0.2) is 0 Å². The first-order chi connectivity index (χ1) is 8.34. The van der Waals surface area contributed by atoms with Crippen molar-refractivity contribution in [3.05, 3.63) is 0 Å². The number of hydrogen-bond acceptors (Lipinski definition) is 2. The molecular weight excluding hydrogens is 224 g/mol. The second-order valence-electron chi connectivity index (χ2n) is 6.85. The van der Waals surface area contributed by atoms with E-state index in [1.165, 1.54) is 0 Å². The Morgan fingerprint density at radius 3 is 2.33 bits per heavy atom. The molecule has 1 atom stereocenters. The van der Waals surface area contributed by atoms with Crippen LogP contribution >= 0.6 is 0 Å². The standard InChI is InChI=1S/C15H30N2O/c1-12(15(2,3)4)10-14(18)17-8-6-13(7-9-17)11-16-5/h12-13,16H,6-11H2,1-5H3. The summed E-state index contributed by atoms with van der Waals surface area (Å²) in [4.78, 5) is 14.3. The average Bonchev–Trinajstić information content (AvgIpc) is 2.29. The van der Waals surface area contributed by atoms with Crippen LogP contribution in [0.3, 0.4) is 0 Å². The predicted octanol–water partition coefficient (Wildman–Crippen LogP) is 2.52. The fourth-order valence-corrected chi connectivity index (χ4v) is 2.37. The van der Waals surface area contributed by atoms with Crippen LogP contribution in [0.1, 0.15) is 47.0 Å². The van der Waals surface area contributed by atoms with E-state index in [-0.39, 0.29) is 5.41 Å². The Morgan fingerprint density at radius 1 is 1.33 bits per heavy atom. The molecule has 106 valence electrons. The van der Waals surface area contributed by atoms with Crippen LogP contribution < -0.4 is 5.32 Å². The number of hydrogen-bond donors (Lipinski definition) is 1. The summed E-state index contributed by atoms with van der Waals surface area (Å²) in [6.07, 6.45) is 2.99. The van der Waals surface area contributed by atoms with Gasteiger partial charge in [0.15, 0.2) is 0 Å². The van der Waals surface area contributed by atoms with Crippen molar-refractivity contribution in [3.63, 3.8) is 0 Å². The number of nitrogens with zero attached hydrogens (tertiary/aromatic N) is 1. The first-order valence-corrected chi connectivity index (χ1v) is 7.27. The lowest BCUT2D eigenvalue weighted by molar-refractivity contribution is -0.134. The van der Waals surface area contributed by atoms with Gasteiger partial charge in [-0.15, -0.1) is 0 Å². The molecule has 1 heterocycles. The monoisotopic (exact) mass is 254 g/mol. The van der Waals surface area contributed by atoms with E-state index < -0.39 is 0 Å². The van der Waals surface area contributed by atoms with Gasteiger partial charge in [-0.2, -0.15) is 0 Å². The molecule has 1 amide bonds. The Hall–Kier alpha value is -0.570. The van der Waals surface area contributed by atoms with E-state index in [0.717, 1.165) is 38.4 Å². The van der Waals surface area contributed by atoms with Crippen molar-refractivity contribution in [3.8, 4) is 0 Å². The number of carbonyl (C=O) groups is 1. The van der Waals surface area contributed by atoms with E-state index in [4.69, 9.17) is 0 Å². The summed E-state index contributed by atoms with van der Waals surface area (Å²) in [6.45, 7) is 11.8. The van der Waals surface area contributed by atoms with E-state index >= 15 is 0 Å². The van der Waals surface area contributed by atoms with Crippen molar-refractivity contribution in [1.29, 1.82) is 0 Å². The van der Waals surface area contributed by atoms with Gasteiger partial charge >= 0.3 is 0 Å². The van der Waals surface area contributed by atoms with E-state index in [2.05, 4.69) is 37.9 Å². The third-order valence-electron chi connectivity index (χ3n) is 4.42. The minimum atomic E-state index is 0.222. The maximum atomic E-state index is 12.2. The van der Waals surface area contributed by atoms with Crippen LogP contribution in [0.25, 0.3) is 0 Å². The normalized spacial score (nSPS) is 19.9. The summed E-state index contributed by atoms with van der Waals surface area (Å²) in [7, 11) is 2.00. The van der Waals surface area contributed by atoms with Crippen LogP contribution in [0.2, 0.25) is 0 Å². The molecule has 1 fully saturated rings. The van der Waals surface area contributed by atoms with Gasteiger partial charge in [-0.1, -0.05) is 27.7 Å². The van der Waals surface area contributed by atoms with Crippen molar-refractivity contribution in [2.24, 2.45) is 17.3 Å². The largest absolute Gasteiger partial charge is 0.343 e. The van der Waals surface area contributed by atoms with Gasteiger partial charge in [0.2, 0.25) is 5.91 Å². The molecule has 0 saturated carbocycles. The molecule has 3 heteroatoms. The first-order valence-electron chi connectivity index (χ1n) is 7.27. The Morgan fingerprint density at radius 2 is 1.89 bits per heavy atom. The predicted molar refractivity (Wildman–Crippen MR) is 76.5 cm³/mol. The Balaban J connectivity index is 2.36. The van der Waals surface area contributed by atoms with Crippen LogP contribution in [-0.4, -0.2) is 37.5 Å². The van der Waals surface area contributed by atoms with Gasteiger partial charge in [0.05, 0.1) is 0 Å². The molecular formula is C15H30N2O. The molecule has 3 nitrogen and oxygen atoms in total. The summed E-state index contributed by atoms with van der Waals surface area (Å²) >= 11 is 0. The van der Waals surface area contributed by atoms with E-state index in [1.54, 1.807) is 0 Å². The zero-order valence-corrected chi connectivity index (χ0v) is 12.8. The second-order valence-corrected chi connectivity index (χ2v) is 6.85. The first kappa shape index (κ1) is 15.5. The van der Waals surface area contributed by atoms with Gasteiger partial charge in [-0.25, -0.2) is 0 Å². The highest BCUT2D eigenvalue weighted by Gasteiger charge is 2.27. The fourth-order valence-electron chi connectivity index (χ4n) is 2.37. The quantitative estimate of drug-likeness (QED) is 0.836. The SMILES string of the molecule is CNCC1CCN(C(=O)CC(C)C(C)(C)C)CC1. The van der Waals surface area contributed by atoms with Crippen molar-refractivity contribution in [2.75, 3.05) is 26.7 Å². The zero-order chi connectivity index (χ0) is 13.8. The molecule has 0 aromatic heterocycles. The highest BCUT2D eigenvalue weighted by atomic mass is 16.2. The highest BCUT2D eigenvalue weighted by Crippen LogP contribution is 2.29. The van der Waals surface area contributed by atoms with Crippen molar-refractivity contribution in [1.82, 2.24) is 10.2 Å². The smallest absolute Gasteiger partial charge is 0.222 e. The maximum Gasteiger partial charge on any atom is 0.222 e. The van der Waals surface area contributed by atoms with Crippen molar-refractivity contribution in [2.45, 2.75) is 47.0 Å². The number of rotatable bonds is 4. The minimum Gasteiger partial charge on any atom is -0.343 e. The minimum absolute atomic E-state index is 0.222. The number of amides is 1. The van der Waals surface area contributed by atoms with Gasteiger partial charge < -0.3 is 10.2 Å². The van der Waals surface area contributed by atoms with Crippen LogP contribution in [0.4, 0.5) is 0 Å². The molecule has 0 aromatic rings. The molecule has 1 N–H and O–H groups in total. The second kappa shape index (κ2) is 6.55. The third kappa shape index (κ3) is 4.60. The molecule has 1 saturated heterocycles. The third-order valence-corrected chi connectivity index (χ3v) is 4.42. The number of nitrogens with one attached hydrogen (secondary N) is 1. The van der Waals surface area contributed by atoms with Crippen molar-refractivity contribution < 1.29 is 4.79 Å². The molecule has 0 aliphatic carbocycles. The Bertz CT molecular complexity index is 262. The molecule has 0 spiro atoms. The molecule has 0 bridgehead atoms. The fraction of sp³-hybridized carbons (Fsp3) is 0.933. The van der Waals surface area contributed by atoms with Gasteiger partial charge in [0.1, 0.15) is 0 Å². The molecule has 18 heavy (non-hydrogen) atoms. The van der Waals surface area contributed by atoms with Crippen LogP contribution in [0, 0.1) is 17.3 Å².